The number of methoxy groups -OCH3 is 1. The van der Waals surface area contributed by atoms with E-state index in [0.717, 1.165) is 0 Å². The SMILES string of the molecule is COc1ccc(NC(=O)CNC(C)(C)C(=O)O)cc1. The van der Waals surface area contributed by atoms with E-state index in [1.54, 1.807) is 31.4 Å². The van der Waals surface area contributed by atoms with Gasteiger partial charge in [0.1, 0.15) is 11.3 Å². The van der Waals surface area contributed by atoms with Gasteiger partial charge in [-0.15, -0.1) is 0 Å². The van der Waals surface area contributed by atoms with E-state index in [1.807, 2.05) is 0 Å². The molecule has 0 saturated heterocycles. The molecule has 0 aliphatic heterocycles. The van der Waals surface area contributed by atoms with Crippen LogP contribution in [0, 0.1) is 0 Å². The Morgan fingerprint density at radius 3 is 2.32 bits per heavy atom. The van der Waals surface area contributed by atoms with E-state index in [2.05, 4.69) is 10.6 Å². The van der Waals surface area contributed by atoms with Gasteiger partial charge in [0.05, 0.1) is 13.7 Å². The summed E-state index contributed by atoms with van der Waals surface area (Å²) in [6.45, 7) is 2.91. The molecule has 0 aliphatic carbocycles. The molecule has 0 atom stereocenters. The number of ether oxygens (including phenoxy) is 1. The molecule has 0 unspecified atom stereocenters. The van der Waals surface area contributed by atoms with Crippen molar-refractivity contribution < 1.29 is 19.4 Å². The topological polar surface area (TPSA) is 87.7 Å². The number of hydrogen-bond donors (Lipinski definition) is 3. The van der Waals surface area contributed by atoms with Crippen LogP contribution in [-0.4, -0.2) is 36.2 Å². The number of carboxylic acid groups (broad SMARTS) is 1. The van der Waals surface area contributed by atoms with Crippen LogP contribution in [0.3, 0.4) is 0 Å². The van der Waals surface area contributed by atoms with E-state index >= 15 is 0 Å². The summed E-state index contributed by atoms with van der Waals surface area (Å²) in [4.78, 5) is 22.5. The van der Waals surface area contributed by atoms with Gasteiger partial charge in [-0.2, -0.15) is 0 Å². The maximum Gasteiger partial charge on any atom is 0.323 e. The van der Waals surface area contributed by atoms with Crippen LogP contribution in [0.2, 0.25) is 0 Å². The Kier molecular flexibility index (Phi) is 4.88. The minimum absolute atomic E-state index is 0.0780. The smallest absolute Gasteiger partial charge is 0.323 e. The molecule has 19 heavy (non-hydrogen) atoms. The highest BCUT2D eigenvalue weighted by Gasteiger charge is 2.26. The third-order valence-corrected chi connectivity index (χ3v) is 2.60. The fourth-order valence-corrected chi connectivity index (χ4v) is 1.26. The number of nitrogens with one attached hydrogen (secondary N) is 2. The molecule has 0 saturated carbocycles. The van der Waals surface area contributed by atoms with Gasteiger partial charge in [0.2, 0.25) is 5.91 Å². The molecule has 6 heteroatoms. The summed E-state index contributed by atoms with van der Waals surface area (Å²) in [5.74, 6) is -0.618. The molecule has 1 rings (SSSR count). The van der Waals surface area contributed by atoms with Gasteiger partial charge in [0.25, 0.3) is 0 Å². The van der Waals surface area contributed by atoms with Crippen LogP contribution < -0.4 is 15.4 Å². The van der Waals surface area contributed by atoms with Gasteiger partial charge in [-0.3, -0.25) is 14.9 Å². The summed E-state index contributed by atoms with van der Waals surface area (Å²) in [6, 6.07) is 6.87. The van der Waals surface area contributed by atoms with E-state index in [9.17, 15) is 9.59 Å². The summed E-state index contributed by atoms with van der Waals surface area (Å²) in [6.07, 6.45) is 0. The Morgan fingerprint density at radius 2 is 1.84 bits per heavy atom. The van der Waals surface area contributed by atoms with Crippen molar-refractivity contribution in [3.63, 3.8) is 0 Å². The Bertz CT molecular complexity index is 454. The van der Waals surface area contributed by atoms with E-state index in [0.29, 0.717) is 11.4 Å². The monoisotopic (exact) mass is 266 g/mol. The van der Waals surface area contributed by atoms with Gasteiger partial charge in [-0.25, -0.2) is 0 Å². The first kappa shape index (κ1) is 15.0. The minimum Gasteiger partial charge on any atom is -0.497 e. The molecule has 0 spiro atoms. The molecule has 0 aliphatic rings. The van der Waals surface area contributed by atoms with Crippen molar-refractivity contribution in [3.05, 3.63) is 24.3 Å². The van der Waals surface area contributed by atoms with Gasteiger partial charge in [-0.1, -0.05) is 0 Å². The Hall–Kier alpha value is -2.08. The number of rotatable bonds is 6. The van der Waals surface area contributed by atoms with Crippen molar-refractivity contribution in [1.29, 1.82) is 0 Å². The Balaban J connectivity index is 2.49. The summed E-state index contributed by atoms with van der Waals surface area (Å²) in [5.41, 5.74) is -0.516. The first-order valence-electron chi connectivity index (χ1n) is 5.77. The van der Waals surface area contributed by atoms with Gasteiger partial charge in [0.15, 0.2) is 0 Å². The van der Waals surface area contributed by atoms with E-state index in [1.165, 1.54) is 13.8 Å². The average molecular weight is 266 g/mol. The van der Waals surface area contributed by atoms with Crippen LogP contribution >= 0.6 is 0 Å². The molecule has 0 aromatic heterocycles. The van der Waals surface area contributed by atoms with E-state index < -0.39 is 11.5 Å². The van der Waals surface area contributed by atoms with Crippen LogP contribution in [0.15, 0.2) is 24.3 Å². The average Bonchev–Trinajstić information content (AvgIpc) is 2.37. The summed E-state index contributed by atoms with van der Waals surface area (Å²) < 4.78 is 5.00. The molecule has 1 aromatic carbocycles. The van der Waals surface area contributed by atoms with Gasteiger partial charge in [0, 0.05) is 5.69 Å². The lowest BCUT2D eigenvalue weighted by Gasteiger charge is -2.20. The number of aliphatic carboxylic acids is 1. The van der Waals surface area contributed by atoms with Crippen molar-refractivity contribution in [2.24, 2.45) is 0 Å². The zero-order valence-corrected chi connectivity index (χ0v) is 11.2. The highest BCUT2D eigenvalue weighted by Crippen LogP contribution is 2.14. The van der Waals surface area contributed by atoms with Crippen molar-refractivity contribution in [3.8, 4) is 5.75 Å². The first-order chi connectivity index (χ1) is 8.85. The molecular weight excluding hydrogens is 248 g/mol. The number of benzene rings is 1. The molecule has 104 valence electrons. The molecule has 3 N–H and O–H groups in total. The van der Waals surface area contributed by atoms with Crippen LogP contribution in [0.1, 0.15) is 13.8 Å². The second kappa shape index (κ2) is 6.19. The van der Waals surface area contributed by atoms with Crippen LogP contribution in [0.4, 0.5) is 5.69 Å². The third kappa shape index (κ3) is 4.59. The molecule has 1 amide bonds. The van der Waals surface area contributed by atoms with Crippen molar-refractivity contribution in [1.82, 2.24) is 5.32 Å². The lowest BCUT2D eigenvalue weighted by atomic mass is 10.1. The van der Waals surface area contributed by atoms with Crippen LogP contribution in [-0.2, 0) is 9.59 Å². The quantitative estimate of drug-likeness (QED) is 0.717. The molecule has 0 heterocycles. The van der Waals surface area contributed by atoms with Gasteiger partial charge >= 0.3 is 5.97 Å². The summed E-state index contributed by atoms with van der Waals surface area (Å²) in [7, 11) is 1.56. The zero-order valence-electron chi connectivity index (χ0n) is 11.2. The second-order valence-corrected chi connectivity index (χ2v) is 4.56. The molecule has 6 nitrogen and oxygen atoms in total. The lowest BCUT2D eigenvalue weighted by Crippen LogP contribution is -2.49. The van der Waals surface area contributed by atoms with Crippen molar-refractivity contribution in [2.75, 3.05) is 19.0 Å². The minimum atomic E-state index is -1.14. The maximum absolute atomic E-state index is 11.6. The fourth-order valence-electron chi connectivity index (χ4n) is 1.26. The highest BCUT2D eigenvalue weighted by molar-refractivity contribution is 5.92. The predicted molar refractivity (Wildman–Crippen MR) is 71.3 cm³/mol. The largest absolute Gasteiger partial charge is 0.497 e. The Morgan fingerprint density at radius 1 is 1.26 bits per heavy atom. The first-order valence-corrected chi connectivity index (χ1v) is 5.77. The summed E-state index contributed by atoms with van der Waals surface area (Å²) >= 11 is 0. The normalized spacial score (nSPS) is 10.9. The maximum atomic E-state index is 11.6. The number of carbonyl (C=O) groups is 2. The number of carbonyl (C=O) groups excluding carboxylic acids is 1. The van der Waals surface area contributed by atoms with Crippen molar-refractivity contribution in [2.45, 2.75) is 19.4 Å². The molecular formula is C13H18N2O4. The predicted octanol–water partition coefficient (Wildman–Crippen LogP) is 1.09. The third-order valence-electron chi connectivity index (χ3n) is 2.60. The summed E-state index contributed by atoms with van der Waals surface area (Å²) in [5, 5.41) is 14.2. The van der Waals surface area contributed by atoms with Gasteiger partial charge < -0.3 is 15.2 Å². The lowest BCUT2D eigenvalue weighted by molar-refractivity contribution is -0.143. The number of amides is 1. The number of carboxylic acids is 1. The molecule has 1 aromatic rings. The van der Waals surface area contributed by atoms with E-state index in [4.69, 9.17) is 9.84 Å². The van der Waals surface area contributed by atoms with Crippen molar-refractivity contribution >= 4 is 17.6 Å². The standard InChI is InChI=1S/C13H18N2O4/c1-13(2,12(17)18)14-8-11(16)15-9-4-6-10(19-3)7-5-9/h4-7,14H,8H2,1-3H3,(H,15,16)(H,17,18). The number of anilines is 1. The van der Waals surface area contributed by atoms with E-state index in [-0.39, 0.29) is 12.5 Å². The molecule has 0 bridgehead atoms. The molecule has 0 radical (unpaired) electrons. The fraction of sp³-hybridized carbons (Fsp3) is 0.385. The highest BCUT2D eigenvalue weighted by atomic mass is 16.5. The molecule has 0 fully saturated rings. The van der Waals surface area contributed by atoms with Gasteiger partial charge in [-0.05, 0) is 38.1 Å². The zero-order chi connectivity index (χ0) is 14.5. The Labute approximate surface area is 111 Å². The van der Waals surface area contributed by atoms with Crippen LogP contribution in [0.5, 0.6) is 5.75 Å². The second-order valence-electron chi connectivity index (χ2n) is 4.56. The number of hydrogen-bond acceptors (Lipinski definition) is 4. The van der Waals surface area contributed by atoms with Crippen LogP contribution in [0.25, 0.3) is 0 Å².